The van der Waals surface area contributed by atoms with E-state index in [2.05, 4.69) is 64.6 Å². The number of carbonyl (C=O) groups is 1. The quantitative estimate of drug-likeness (QED) is 0.293. The number of anilines is 2. The highest BCUT2D eigenvalue weighted by atomic mass is 16.5. The van der Waals surface area contributed by atoms with Crippen LogP contribution in [-0.4, -0.2) is 67.9 Å². The molecule has 6 rings (SSSR count). The summed E-state index contributed by atoms with van der Waals surface area (Å²) in [5.41, 5.74) is 3.49. The minimum Gasteiger partial charge on any atom is -0.484 e. The van der Waals surface area contributed by atoms with E-state index in [-0.39, 0.29) is 36.2 Å². The topological polar surface area (TPSA) is 131 Å². The van der Waals surface area contributed by atoms with E-state index in [4.69, 9.17) is 9.47 Å². The number of rotatable bonds is 7. The molecule has 3 N–H and O–H groups in total. The first-order valence-corrected chi connectivity index (χ1v) is 14.9. The highest BCUT2D eigenvalue weighted by molar-refractivity contribution is 5.88. The molecular weight excluding hydrogens is 548 g/mol. The van der Waals surface area contributed by atoms with Crippen LogP contribution in [0.3, 0.4) is 0 Å². The zero-order chi connectivity index (χ0) is 30.1. The zero-order valence-electron chi connectivity index (χ0n) is 25.2. The summed E-state index contributed by atoms with van der Waals surface area (Å²) in [4.78, 5) is 15.4. The number of amides is 2. The summed E-state index contributed by atoms with van der Waals surface area (Å²) in [6, 6.07) is 13.5. The highest BCUT2D eigenvalue weighted by Crippen LogP contribution is 2.39. The molecule has 228 valence electrons. The number of pyridine rings is 1. The molecule has 1 fully saturated rings. The zero-order valence-corrected chi connectivity index (χ0v) is 25.2. The number of aromatic nitrogens is 5. The Hall–Kier alpha value is -4.16. The van der Waals surface area contributed by atoms with Crippen LogP contribution in [0.1, 0.15) is 69.5 Å². The van der Waals surface area contributed by atoms with Crippen molar-refractivity contribution in [3.8, 4) is 5.75 Å². The number of carbonyl (C=O) groups excluding carboxylic acids is 1. The number of nitrogens with one attached hydrogen (secondary N) is 2. The Balaban J connectivity index is 1.18. The van der Waals surface area contributed by atoms with Crippen molar-refractivity contribution in [1.82, 2.24) is 29.7 Å². The highest BCUT2D eigenvalue weighted by Gasteiger charge is 2.30. The van der Waals surface area contributed by atoms with Gasteiger partial charge in [0, 0.05) is 18.0 Å². The number of urea groups is 1. The van der Waals surface area contributed by atoms with Crippen molar-refractivity contribution in [1.29, 1.82) is 0 Å². The van der Waals surface area contributed by atoms with Gasteiger partial charge >= 0.3 is 6.03 Å². The maximum absolute atomic E-state index is 13.2. The van der Waals surface area contributed by atoms with Crippen LogP contribution in [0.15, 0.2) is 48.7 Å². The minimum atomic E-state index is -0.318. The third kappa shape index (κ3) is 6.02. The molecule has 1 aliphatic carbocycles. The van der Waals surface area contributed by atoms with Crippen LogP contribution in [0.2, 0.25) is 0 Å². The summed E-state index contributed by atoms with van der Waals surface area (Å²) in [7, 11) is 0. The lowest BCUT2D eigenvalue weighted by molar-refractivity contribution is 0.0980. The molecule has 43 heavy (non-hydrogen) atoms. The number of benzene rings is 1. The summed E-state index contributed by atoms with van der Waals surface area (Å²) in [5, 5.41) is 29.0. The van der Waals surface area contributed by atoms with Gasteiger partial charge in [0.25, 0.3) is 0 Å². The Kier molecular flexibility index (Phi) is 7.97. The molecule has 2 amide bonds. The van der Waals surface area contributed by atoms with Gasteiger partial charge in [-0.3, -0.25) is 9.72 Å². The lowest BCUT2D eigenvalue weighted by Crippen LogP contribution is -2.44. The molecule has 0 unspecified atom stereocenters. The second kappa shape index (κ2) is 11.8. The van der Waals surface area contributed by atoms with Crippen molar-refractivity contribution < 1.29 is 19.4 Å². The second-order valence-electron chi connectivity index (χ2n) is 12.3. The SMILES string of the molecule is C[C@H]1COCCN1c1nnc2ccc(O[C@@H]3CC[C@H](NC(=O)Nc4cc(C(C)(C)C)nn4CCO)c4ccccc43)cn12. The summed E-state index contributed by atoms with van der Waals surface area (Å²) in [6.45, 7) is 10.6. The summed E-state index contributed by atoms with van der Waals surface area (Å²) in [5.74, 6) is 2.06. The van der Waals surface area contributed by atoms with Crippen LogP contribution >= 0.6 is 0 Å². The van der Waals surface area contributed by atoms with Crippen LogP contribution < -0.4 is 20.3 Å². The second-order valence-corrected chi connectivity index (χ2v) is 12.3. The van der Waals surface area contributed by atoms with Gasteiger partial charge < -0.3 is 24.8 Å². The van der Waals surface area contributed by atoms with Gasteiger partial charge in [-0.05, 0) is 43.0 Å². The van der Waals surface area contributed by atoms with Crippen molar-refractivity contribution in [3.63, 3.8) is 0 Å². The first kappa shape index (κ1) is 28.9. The van der Waals surface area contributed by atoms with E-state index in [9.17, 15) is 9.90 Å². The molecule has 1 aromatic carbocycles. The maximum Gasteiger partial charge on any atom is 0.320 e. The Morgan fingerprint density at radius 1 is 1.14 bits per heavy atom. The van der Waals surface area contributed by atoms with Crippen molar-refractivity contribution in [3.05, 3.63) is 65.5 Å². The van der Waals surface area contributed by atoms with Crippen molar-refractivity contribution >= 4 is 23.4 Å². The van der Waals surface area contributed by atoms with Gasteiger partial charge in [-0.2, -0.15) is 5.10 Å². The number of aliphatic hydroxyl groups is 1. The number of fused-ring (bicyclic) bond motifs is 2. The van der Waals surface area contributed by atoms with Gasteiger partial charge in [0.1, 0.15) is 17.7 Å². The van der Waals surface area contributed by atoms with Crippen LogP contribution in [0, 0.1) is 0 Å². The van der Waals surface area contributed by atoms with E-state index in [0.29, 0.717) is 32.0 Å². The van der Waals surface area contributed by atoms with E-state index in [0.717, 1.165) is 47.1 Å². The average molecular weight is 589 g/mol. The molecule has 2 aliphatic rings. The molecule has 3 atom stereocenters. The number of ether oxygens (including phenoxy) is 2. The Morgan fingerprint density at radius 3 is 2.72 bits per heavy atom. The van der Waals surface area contributed by atoms with Gasteiger partial charge in [0.15, 0.2) is 5.65 Å². The molecule has 12 heteroatoms. The maximum atomic E-state index is 13.2. The number of nitrogens with zero attached hydrogens (tertiary/aromatic N) is 6. The summed E-state index contributed by atoms with van der Waals surface area (Å²) < 4.78 is 15.8. The fourth-order valence-corrected chi connectivity index (χ4v) is 5.80. The fourth-order valence-electron chi connectivity index (χ4n) is 5.80. The first-order valence-electron chi connectivity index (χ1n) is 14.9. The van der Waals surface area contributed by atoms with Crippen LogP contribution in [0.25, 0.3) is 5.65 Å². The van der Waals surface area contributed by atoms with Crippen LogP contribution in [0.5, 0.6) is 5.75 Å². The Labute approximate surface area is 251 Å². The van der Waals surface area contributed by atoms with E-state index in [1.807, 2.05) is 47.0 Å². The average Bonchev–Trinajstić information content (AvgIpc) is 3.59. The van der Waals surface area contributed by atoms with Gasteiger partial charge in [-0.15, -0.1) is 10.2 Å². The first-order chi connectivity index (χ1) is 20.7. The fraction of sp³-hybridized carbons (Fsp3) is 0.484. The van der Waals surface area contributed by atoms with Gasteiger partial charge in [-0.25, -0.2) is 9.48 Å². The van der Waals surface area contributed by atoms with E-state index in [1.54, 1.807) is 4.68 Å². The molecule has 1 saturated heterocycles. The van der Waals surface area contributed by atoms with Gasteiger partial charge in [0.05, 0.1) is 50.3 Å². The Morgan fingerprint density at radius 2 is 1.95 bits per heavy atom. The van der Waals surface area contributed by atoms with Crippen LogP contribution in [-0.2, 0) is 16.7 Å². The molecule has 0 radical (unpaired) electrons. The predicted molar refractivity (Wildman–Crippen MR) is 163 cm³/mol. The molecular formula is C31H40N8O4. The monoisotopic (exact) mass is 588 g/mol. The minimum absolute atomic E-state index is 0.0725. The summed E-state index contributed by atoms with van der Waals surface area (Å²) >= 11 is 0. The number of morpholine rings is 1. The lowest BCUT2D eigenvalue weighted by atomic mass is 9.85. The van der Waals surface area contributed by atoms with Crippen molar-refractivity contribution in [2.24, 2.45) is 0 Å². The Bertz CT molecular complexity index is 1590. The lowest BCUT2D eigenvalue weighted by Gasteiger charge is -2.33. The predicted octanol–water partition coefficient (Wildman–Crippen LogP) is 4.22. The van der Waals surface area contributed by atoms with Crippen LogP contribution in [0.4, 0.5) is 16.6 Å². The molecule has 1 aliphatic heterocycles. The molecule has 12 nitrogen and oxygen atoms in total. The molecule has 3 aromatic heterocycles. The molecule has 4 aromatic rings. The van der Waals surface area contributed by atoms with Crippen molar-refractivity contribution in [2.75, 3.05) is 36.6 Å². The van der Waals surface area contributed by atoms with E-state index in [1.165, 1.54) is 0 Å². The molecule has 0 bridgehead atoms. The summed E-state index contributed by atoms with van der Waals surface area (Å²) in [6.07, 6.45) is 3.22. The smallest absolute Gasteiger partial charge is 0.320 e. The van der Waals surface area contributed by atoms with E-state index >= 15 is 0 Å². The third-order valence-corrected chi connectivity index (χ3v) is 8.10. The third-order valence-electron chi connectivity index (χ3n) is 8.10. The molecule has 0 spiro atoms. The number of aliphatic hydroxyl groups excluding tert-OH is 1. The molecule has 0 saturated carbocycles. The number of hydrogen-bond donors (Lipinski definition) is 3. The number of hydrogen-bond acceptors (Lipinski definition) is 8. The van der Waals surface area contributed by atoms with Gasteiger partial charge in [-0.1, -0.05) is 45.0 Å². The largest absolute Gasteiger partial charge is 0.484 e. The van der Waals surface area contributed by atoms with Gasteiger partial charge in [0.2, 0.25) is 5.95 Å². The normalized spacial score (nSPS) is 20.6. The standard InChI is InChI=1S/C31H40N8O4/c1-20-19-42-16-14-37(20)30-35-34-27-12-9-21(18-38(27)30)43-25-11-10-24(22-7-5-6-8-23(22)25)32-29(41)33-28-17-26(31(2,3)4)36-39(28)13-15-40/h5-9,12,17-18,20,24-25,40H,10-11,13-16,19H2,1-4H3,(H2,32,33,41)/t20-,24-,25+/m0/s1. The molecule has 4 heterocycles. The van der Waals surface area contributed by atoms with Crippen molar-refractivity contribution in [2.45, 2.75) is 70.7 Å². The van der Waals surface area contributed by atoms with E-state index < -0.39 is 0 Å².